The molecule has 1 fully saturated rings. The summed E-state index contributed by atoms with van der Waals surface area (Å²) in [7, 11) is 0. The summed E-state index contributed by atoms with van der Waals surface area (Å²) in [5, 5.41) is 10.7. The third-order valence-corrected chi connectivity index (χ3v) is 4.82. The average Bonchev–Trinajstić information content (AvgIpc) is 2.88. The van der Waals surface area contributed by atoms with Crippen molar-refractivity contribution in [2.24, 2.45) is 5.92 Å². The molecule has 1 aliphatic carbocycles. The number of carbonyl (C=O) groups is 1. The molecule has 2 aromatic rings. The van der Waals surface area contributed by atoms with Crippen LogP contribution in [0.15, 0.2) is 30.3 Å². The van der Waals surface area contributed by atoms with E-state index in [4.69, 9.17) is 0 Å². The minimum atomic E-state index is -0.136. The summed E-state index contributed by atoms with van der Waals surface area (Å²) in [6.07, 6.45) is 4.71. The van der Waals surface area contributed by atoms with E-state index in [1.54, 1.807) is 0 Å². The monoisotopic (exact) mass is 326 g/mol. The van der Waals surface area contributed by atoms with Crippen LogP contribution < -0.4 is 10.6 Å². The third kappa shape index (κ3) is 3.61. The fourth-order valence-corrected chi connectivity index (χ4v) is 3.49. The number of para-hydroxylation sites is 2. The van der Waals surface area contributed by atoms with Gasteiger partial charge in [0.05, 0.1) is 17.1 Å². The lowest BCUT2D eigenvalue weighted by Crippen LogP contribution is -2.43. The number of amides is 2. The summed E-state index contributed by atoms with van der Waals surface area (Å²) in [6, 6.07) is 9.92. The van der Waals surface area contributed by atoms with Crippen LogP contribution in [0, 0.1) is 19.8 Å². The zero-order chi connectivity index (χ0) is 17.1. The normalized spacial score (nSPS) is 20.6. The number of benzene rings is 1. The number of aromatic nitrogens is 2. The van der Waals surface area contributed by atoms with Crippen LogP contribution in [0.25, 0.3) is 5.69 Å². The Bertz CT molecular complexity index is 722. The third-order valence-electron chi connectivity index (χ3n) is 4.82. The van der Waals surface area contributed by atoms with Crippen molar-refractivity contribution in [2.75, 3.05) is 5.32 Å². The predicted octanol–water partition coefficient (Wildman–Crippen LogP) is 4.19. The van der Waals surface area contributed by atoms with Crippen molar-refractivity contribution < 1.29 is 4.79 Å². The van der Waals surface area contributed by atoms with E-state index >= 15 is 0 Å². The molecule has 3 rings (SSSR count). The highest BCUT2D eigenvalue weighted by Crippen LogP contribution is 2.25. The van der Waals surface area contributed by atoms with Crippen LogP contribution >= 0.6 is 0 Å². The number of hydrogen-bond donors (Lipinski definition) is 2. The fraction of sp³-hybridized carbons (Fsp3) is 0.474. The second-order valence-electron chi connectivity index (χ2n) is 6.82. The molecule has 1 heterocycles. The molecule has 0 aliphatic heterocycles. The van der Waals surface area contributed by atoms with Gasteiger partial charge in [0.2, 0.25) is 0 Å². The first-order valence-electron chi connectivity index (χ1n) is 8.75. The molecule has 1 aromatic heterocycles. The Morgan fingerprint density at radius 3 is 2.67 bits per heavy atom. The number of anilines is 1. The second kappa shape index (κ2) is 7.07. The molecular weight excluding hydrogens is 300 g/mol. The number of nitrogens with one attached hydrogen (secondary N) is 2. The summed E-state index contributed by atoms with van der Waals surface area (Å²) in [6.45, 7) is 6.20. The van der Waals surface area contributed by atoms with Gasteiger partial charge < -0.3 is 10.6 Å². The highest BCUT2D eigenvalue weighted by Gasteiger charge is 2.23. The maximum atomic E-state index is 12.4. The minimum absolute atomic E-state index is 0.136. The van der Waals surface area contributed by atoms with Gasteiger partial charge in [-0.3, -0.25) is 0 Å². The van der Waals surface area contributed by atoms with Crippen molar-refractivity contribution >= 4 is 11.7 Å². The van der Waals surface area contributed by atoms with Gasteiger partial charge in [-0.25, -0.2) is 9.48 Å². The molecule has 1 aliphatic rings. The number of rotatable bonds is 3. The van der Waals surface area contributed by atoms with E-state index in [0.717, 1.165) is 29.2 Å². The standard InChI is InChI=1S/C19H26N4O/c1-13-8-4-5-9-16(13)20-19(24)21-17-10-6-7-11-18(17)23-15(3)12-14(2)22-23/h6-7,10-13,16H,4-5,8-9H2,1-3H3,(H2,20,21,24). The van der Waals surface area contributed by atoms with Gasteiger partial charge >= 0.3 is 6.03 Å². The molecule has 2 N–H and O–H groups in total. The van der Waals surface area contributed by atoms with Gasteiger partial charge in [0.25, 0.3) is 0 Å². The molecule has 0 radical (unpaired) electrons. The van der Waals surface area contributed by atoms with E-state index in [0.29, 0.717) is 5.92 Å². The van der Waals surface area contributed by atoms with Crippen molar-refractivity contribution in [1.82, 2.24) is 15.1 Å². The highest BCUT2D eigenvalue weighted by atomic mass is 16.2. The molecule has 0 bridgehead atoms. The van der Waals surface area contributed by atoms with E-state index in [9.17, 15) is 4.79 Å². The van der Waals surface area contributed by atoms with Crippen LogP contribution in [0.2, 0.25) is 0 Å². The number of carbonyl (C=O) groups excluding carboxylic acids is 1. The van der Waals surface area contributed by atoms with Gasteiger partial charge in [0.1, 0.15) is 0 Å². The van der Waals surface area contributed by atoms with Crippen LogP contribution in [0.5, 0.6) is 0 Å². The molecule has 5 heteroatoms. The van der Waals surface area contributed by atoms with E-state index < -0.39 is 0 Å². The minimum Gasteiger partial charge on any atom is -0.335 e. The maximum absolute atomic E-state index is 12.4. The molecule has 0 spiro atoms. The van der Waals surface area contributed by atoms with E-state index in [1.807, 2.05) is 48.9 Å². The Balaban J connectivity index is 1.75. The van der Waals surface area contributed by atoms with Crippen LogP contribution in [0.4, 0.5) is 10.5 Å². The van der Waals surface area contributed by atoms with Crippen molar-refractivity contribution in [3.05, 3.63) is 41.7 Å². The Labute approximate surface area is 143 Å². The van der Waals surface area contributed by atoms with Crippen molar-refractivity contribution in [2.45, 2.75) is 52.5 Å². The first-order chi connectivity index (χ1) is 11.5. The van der Waals surface area contributed by atoms with Gasteiger partial charge in [-0.05, 0) is 50.8 Å². The molecule has 1 saturated carbocycles. The topological polar surface area (TPSA) is 59.0 Å². The Kier molecular flexibility index (Phi) is 4.88. The summed E-state index contributed by atoms with van der Waals surface area (Å²) in [5.74, 6) is 0.538. The van der Waals surface area contributed by atoms with Crippen LogP contribution in [-0.2, 0) is 0 Å². The van der Waals surface area contributed by atoms with Crippen LogP contribution in [-0.4, -0.2) is 21.9 Å². The van der Waals surface area contributed by atoms with Gasteiger partial charge in [0.15, 0.2) is 0 Å². The smallest absolute Gasteiger partial charge is 0.319 e. The Morgan fingerprint density at radius 2 is 1.96 bits per heavy atom. The van der Waals surface area contributed by atoms with Gasteiger partial charge in [-0.15, -0.1) is 0 Å². The van der Waals surface area contributed by atoms with Crippen LogP contribution in [0.3, 0.4) is 0 Å². The average molecular weight is 326 g/mol. The number of urea groups is 1. The lowest BCUT2D eigenvalue weighted by atomic mass is 9.86. The summed E-state index contributed by atoms with van der Waals surface area (Å²) >= 11 is 0. The van der Waals surface area contributed by atoms with Crippen LogP contribution in [0.1, 0.15) is 44.0 Å². The molecule has 24 heavy (non-hydrogen) atoms. The lowest BCUT2D eigenvalue weighted by Gasteiger charge is -2.29. The molecule has 5 nitrogen and oxygen atoms in total. The fourth-order valence-electron chi connectivity index (χ4n) is 3.49. The molecule has 2 unspecified atom stereocenters. The zero-order valence-electron chi connectivity index (χ0n) is 14.7. The highest BCUT2D eigenvalue weighted by molar-refractivity contribution is 5.91. The molecule has 2 atom stereocenters. The number of nitrogens with zero attached hydrogens (tertiary/aromatic N) is 2. The van der Waals surface area contributed by atoms with Crippen molar-refractivity contribution in [1.29, 1.82) is 0 Å². The largest absolute Gasteiger partial charge is 0.335 e. The predicted molar refractivity (Wildman–Crippen MR) is 96.6 cm³/mol. The van der Waals surface area contributed by atoms with Gasteiger partial charge in [0, 0.05) is 11.7 Å². The van der Waals surface area contributed by atoms with Crippen molar-refractivity contribution in [3.63, 3.8) is 0 Å². The molecule has 1 aromatic carbocycles. The molecular formula is C19H26N4O. The zero-order valence-corrected chi connectivity index (χ0v) is 14.7. The molecule has 128 valence electrons. The van der Waals surface area contributed by atoms with E-state index in [1.165, 1.54) is 19.3 Å². The second-order valence-corrected chi connectivity index (χ2v) is 6.82. The van der Waals surface area contributed by atoms with Crippen molar-refractivity contribution in [3.8, 4) is 5.69 Å². The summed E-state index contributed by atoms with van der Waals surface area (Å²) in [5.41, 5.74) is 3.66. The Morgan fingerprint density at radius 1 is 1.21 bits per heavy atom. The Hall–Kier alpha value is -2.30. The maximum Gasteiger partial charge on any atom is 0.319 e. The quantitative estimate of drug-likeness (QED) is 0.888. The summed E-state index contributed by atoms with van der Waals surface area (Å²) < 4.78 is 1.87. The van der Waals surface area contributed by atoms with E-state index in [-0.39, 0.29) is 12.1 Å². The van der Waals surface area contributed by atoms with Gasteiger partial charge in [-0.1, -0.05) is 31.9 Å². The SMILES string of the molecule is Cc1cc(C)n(-c2ccccc2NC(=O)NC2CCCCC2C)n1. The summed E-state index contributed by atoms with van der Waals surface area (Å²) in [4.78, 5) is 12.4. The first kappa shape index (κ1) is 16.6. The lowest BCUT2D eigenvalue weighted by molar-refractivity contribution is 0.232. The number of hydrogen-bond acceptors (Lipinski definition) is 2. The number of aryl methyl sites for hydroxylation is 2. The first-order valence-corrected chi connectivity index (χ1v) is 8.75. The van der Waals surface area contributed by atoms with E-state index in [2.05, 4.69) is 22.7 Å². The molecule has 0 saturated heterocycles. The van der Waals surface area contributed by atoms with Gasteiger partial charge in [-0.2, -0.15) is 5.10 Å². The molecule has 2 amide bonds.